The quantitative estimate of drug-likeness (QED) is 0.475. The van der Waals surface area contributed by atoms with Crippen molar-refractivity contribution in [1.29, 1.82) is 0 Å². The Bertz CT molecular complexity index is 894. The molecule has 1 fully saturated rings. The van der Waals surface area contributed by atoms with Gasteiger partial charge in [-0.3, -0.25) is 20.2 Å². The molecule has 0 aromatic heterocycles. The van der Waals surface area contributed by atoms with Gasteiger partial charge in [0.2, 0.25) is 0 Å². The molecule has 1 saturated heterocycles. The van der Waals surface area contributed by atoms with Gasteiger partial charge in [0.25, 0.3) is 11.6 Å². The van der Waals surface area contributed by atoms with Crippen LogP contribution in [0.3, 0.4) is 0 Å². The van der Waals surface area contributed by atoms with E-state index in [0.717, 1.165) is 37.2 Å². The fourth-order valence-corrected chi connectivity index (χ4v) is 3.31. The van der Waals surface area contributed by atoms with Gasteiger partial charge in [-0.1, -0.05) is 12.1 Å². The Morgan fingerprint density at radius 1 is 1.19 bits per heavy atom. The molecule has 0 aliphatic carbocycles. The summed E-state index contributed by atoms with van der Waals surface area (Å²) in [7, 11) is 0. The van der Waals surface area contributed by atoms with Crippen LogP contribution in [0.2, 0.25) is 0 Å². The van der Waals surface area contributed by atoms with Gasteiger partial charge in [0.15, 0.2) is 5.11 Å². The number of nitrogens with zero attached hydrogens (tertiary/aromatic N) is 2. The van der Waals surface area contributed by atoms with E-state index in [0.29, 0.717) is 5.69 Å². The number of anilines is 2. The van der Waals surface area contributed by atoms with Gasteiger partial charge in [0, 0.05) is 30.4 Å². The number of thiocarbonyl (C=S) groups is 1. The van der Waals surface area contributed by atoms with Gasteiger partial charge >= 0.3 is 0 Å². The van der Waals surface area contributed by atoms with Crippen LogP contribution < -0.4 is 15.5 Å². The molecular formula is C19H20N4O3S. The third-order valence-electron chi connectivity index (χ3n) is 4.38. The molecule has 1 heterocycles. The summed E-state index contributed by atoms with van der Waals surface area (Å²) in [5.41, 5.74) is 2.49. The highest BCUT2D eigenvalue weighted by atomic mass is 32.1. The third-order valence-corrected chi connectivity index (χ3v) is 4.59. The van der Waals surface area contributed by atoms with Crippen LogP contribution in [0.25, 0.3) is 0 Å². The Kier molecular flexibility index (Phi) is 5.66. The molecule has 1 amide bonds. The zero-order valence-corrected chi connectivity index (χ0v) is 15.7. The molecule has 0 radical (unpaired) electrons. The number of hydrogen-bond donors (Lipinski definition) is 2. The molecule has 0 unspecified atom stereocenters. The minimum Gasteiger partial charge on any atom is -0.366 e. The van der Waals surface area contributed by atoms with E-state index in [9.17, 15) is 14.9 Å². The van der Waals surface area contributed by atoms with Gasteiger partial charge in [0.05, 0.1) is 4.92 Å². The molecule has 1 aliphatic rings. The zero-order chi connectivity index (χ0) is 19.4. The molecule has 0 bridgehead atoms. The smallest absolute Gasteiger partial charge is 0.293 e. The number of nitrogens with one attached hydrogen (secondary N) is 2. The van der Waals surface area contributed by atoms with Crippen molar-refractivity contribution in [2.24, 2.45) is 0 Å². The minimum absolute atomic E-state index is 0.0675. The third kappa shape index (κ3) is 4.59. The Morgan fingerprint density at radius 3 is 2.59 bits per heavy atom. The summed E-state index contributed by atoms with van der Waals surface area (Å²) in [6, 6.07) is 12.1. The summed E-state index contributed by atoms with van der Waals surface area (Å²) in [5, 5.41) is 17.1. The Labute approximate surface area is 162 Å². The van der Waals surface area contributed by atoms with E-state index in [1.165, 1.54) is 6.07 Å². The van der Waals surface area contributed by atoms with Gasteiger partial charge in [0.1, 0.15) is 5.69 Å². The number of amides is 1. The lowest BCUT2D eigenvalue weighted by Gasteiger charge is -2.18. The molecule has 140 valence electrons. The first kappa shape index (κ1) is 18.8. The molecule has 3 rings (SSSR count). The Hall–Kier alpha value is -3.00. The van der Waals surface area contributed by atoms with Crippen molar-refractivity contribution in [3.8, 4) is 0 Å². The maximum atomic E-state index is 12.4. The molecule has 0 saturated carbocycles. The summed E-state index contributed by atoms with van der Waals surface area (Å²) in [5.74, 6) is -0.490. The van der Waals surface area contributed by atoms with E-state index in [1.54, 1.807) is 12.1 Å². The van der Waals surface area contributed by atoms with Gasteiger partial charge in [-0.05, 0) is 61.8 Å². The van der Waals surface area contributed by atoms with Crippen LogP contribution in [-0.4, -0.2) is 29.0 Å². The van der Waals surface area contributed by atoms with E-state index in [2.05, 4.69) is 10.6 Å². The van der Waals surface area contributed by atoms with Crippen LogP contribution in [0.5, 0.6) is 0 Å². The number of aryl methyl sites for hydroxylation is 1. The first-order valence-electron chi connectivity index (χ1n) is 8.66. The maximum absolute atomic E-state index is 12.4. The molecule has 1 aliphatic heterocycles. The fraction of sp³-hybridized carbons (Fsp3) is 0.263. The summed E-state index contributed by atoms with van der Waals surface area (Å²) in [6.45, 7) is 3.53. The van der Waals surface area contributed by atoms with E-state index in [-0.39, 0.29) is 16.4 Å². The Morgan fingerprint density at radius 2 is 1.93 bits per heavy atom. The highest BCUT2D eigenvalue weighted by Crippen LogP contribution is 2.31. The monoisotopic (exact) mass is 384 g/mol. The van der Waals surface area contributed by atoms with Crippen molar-refractivity contribution in [3.63, 3.8) is 0 Å². The number of nitro groups is 1. The molecule has 7 nitrogen and oxygen atoms in total. The zero-order valence-electron chi connectivity index (χ0n) is 14.9. The van der Waals surface area contributed by atoms with Gasteiger partial charge in [-0.2, -0.15) is 0 Å². The standard InChI is InChI=1S/C19H20N4O3S/c1-13-5-4-6-15(11-13)20-19(27)21-18(24)14-7-8-16(17(12-14)23(25)26)22-9-2-3-10-22/h4-8,11-12H,2-3,9-10H2,1H3,(H2,20,21,24,27). The molecule has 2 N–H and O–H groups in total. The van der Waals surface area contributed by atoms with E-state index >= 15 is 0 Å². The van der Waals surface area contributed by atoms with Crippen molar-refractivity contribution >= 4 is 40.3 Å². The second kappa shape index (κ2) is 8.13. The van der Waals surface area contributed by atoms with E-state index < -0.39 is 10.8 Å². The van der Waals surface area contributed by atoms with Crippen molar-refractivity contribution in [2.75, 3.05) is 23.3 Å². The lowest BCUT2D eigenvalue weighted by atomic mass is 10.1. The number of nitro benzene ring substituents is 1. The first-order valence-corrected chi connectivity index (χ1v) is 9.07. The molecular weight excluding hydrogens is 364 g/mol. The molecule has 0 spiro atoms. The molecule has 2 aromatic rings. The maximum Gasteiger partial charge on any atom is 0.293 e. The average Bonchev–Trinajstić information content (AvgIpc) is 3.15. The van der Waals surface area contributed by atoms with Crippen molar-refractivity contribution in [3.05, 3.63) is 63.7 Å². The van der Waals surface area contributed by atoms with Gasteiger partial charge in [-0.15, -0.1) is 0 Å². The second-order valence-corrected chi connectivity index (χ2v) is 6.84. The highest BCUT2D eigenvalue weighted by molar-refractivity contribution is 7.80. The fourth-order valence-electron chi connectivity index (χ4n) is 3.10. The predicted octanol–water partition coefficient (Wildman–Crippen LogP) is 3.63. The highest BCUT2D eigenvalue weighted by Gasteiger charge is 2.24. The van der Waals surface area contributed by atoms with Gasteiger partial charge < -0.3 is 10.2 Å². The van der Waals surface area contributed by atoms with Crippen molar-refractivity contribution in [1.82, 2.24) is 5.32 Å². The van der Waals surface area contributed by atoms with Crippen LogP contribution in [-0.2, 0) is 0 Å². The lowest BCUT2D eigenvalue weighted by molar-refractivity contribution is -0.384. The normalized spacial score (nSPS) is 13.3. The van der Waals surface area contributed by atoms with Gasteiger partial charge in [-0.25, -0.2) is 0 Å². The molecule has 0 atom stereocenters. The topological polar surface area (TPSA) is 87.5 Å². The minimum atomic E-state index is -0.490. The van der Waals surface area contributed by atoms with Crippen LogP contribution in [0.4, 0.5) is 17.1 Å². The number of hydrogen-bond acceptors (Lipinski definition) is 5. The number of rotatable bonds is 4. The largest absolute Gasteiger partial charge is 0.366 e. The summed E-state index contributed by atoms with van der Waals surface area (Å²) >= 11 is 5.17. The number of benzene rings is 2. The number of carbonyl (C=O) groups is 1. The Balaban J connectivity index is 1.73. The summed E-state index contributed by atoms with van der Waals surface area (Å²) in [4.78, 5) is 25.4. The van der Waals surface area contributed by atoms with Crippen LogP contribution >= 0.6 is 12.2 Å². The van der Waals surface area contributed by atoms with E-state index in [1.807, 2.05) is 36.1 Å². The predicted molar refractivity (Wildman–Crippen MR) is 109 cm³/mol. The SMILES string of the molecule is Cc1cccc(NC(=S)NC(=O)c2ccc(N3CCCC3)c([N+](=O)[O-])c2)c1. The molecule has 2 aromatic carbocycles. The second-order valence-electron chi connectivity index (χ2n) is 6.43. The lowest BCUT2D eigenvalue weighted by Crippen LogP contribution is -2.34. The average molecular weight is 384 g/mol. The first-order chi connectivity index (χ1) is 12.9. The summed E-state index contributed by atoms with van der Waals surface area (Å²) in [6.07, 6.45) is 2.02. The van der Waals surface area contributed by atoms with Crippen molar-refractivity contribution < 1.29 is 9.72 Å². The van der Waals surface area contributed by atoms with E-state index in [4.69, 9.17) is 12.2 Å². The molecule has 8 heteroatoms. The van der Waals surface area contributed by atoms with Crippen LogP contribution in [0, 0.1) is 17.0 Å². The van der Waals surface area contributed by atoms with Crippen LogP contribution in [0.1, 0.15) is 28.8 Å². The summed E-state index contributed by atoms with van der Waals surface area (Å²) < 4.78 is 0. The number of carbonyl (C=O) groups excluding carboxylic acids is 1. The van der Waals surface area contributed by atoms with Crippen molar-refractivity contribution in [2.45, 2.75) is 19.8 Å². The molecule has 27 heavy (non-hydrogen) atoms. The van der Waals surface area contributed by atoms with Crippen LogP contribution in [0.15, 0.2) is 42.5 Å².